The quantitative estimate of drug-likeness (QED) is 0.0325. The molecule has 0 aliphatic heterocycles. The zero-order valence-electron chi connectivity index (χ0n) is 37.1. The van der Waals surface area contributed by atoms with Gasteiger partial charge in [0.2, 0.25) is 5.91 Å². The van der Waals surface area contributed by atoms with E-state index in [0.29, 0.717) is 25.9 Å². The summed E-state index contributed by atoms with van der Waals surface area (Å²) in [6.45, 7) is 4.83. The van der Waals surface area contributed by atoms with Gasteiger partial charge in [0, 0.05) is 12.8 Å². The third-order valence-electron chi connectivity index (χ3n) is 10.9. The van der Waals surface area contributed by atoms with Crippen LogP contribution in [0.2, 0.25) is 0 Å². The molecule has 6 heteroatoms. The molecule has 6 nitrogen and oxygen atoms in total. The van der Waals surface area contributed by atoms with Crippen molar-refractivity contribution in [1.82, 2.24) is 5.32 Å². The summed E-state index contributed by atoms with van der Waals surface area (Å²) in [6.07, 6.45) is 54.0. The third-order valence-corrected chi connectivity index (χ3v) is 10.9. The van der Waals surface area contributed by atoms with E-state index < -0.39 is 12.1 Å². The summed E-state index contributed by atoms with van der Waals surface area (Å²) in [4.78, 5) is 24.4. The Hall–Kier alpha value is -1.92. The topological polar surface area (TPSA) is 95.9 Å². The SMILES string of the molecule is CCCCCC/C=C\C/C=C\CCCCCCCCCC(=O)OCCCC/C=C\CCCCCCCC(=O)NC(CO)C(O)CCCCCCCCCCCC. The van der Waals surface area contributed by atoms with Crippen LogP contribution in [0.1, 0.15) is 245 Å². The smallest absolute Gasteiger partial charge is 0.305 e. The highest BCUT2D eigenvalue weighted by atomic mass is 16.5. The lowest BCUT2D eigenvalue weighted by molar-refractivity contribution is -0.143. The van der Waals surface area contributed by atoms with E-state index in [9.17, 15) is 19.8 Å². The molecule has 0 heterocycles. The van der Waals surface area contributed by atoms with Gasteiger partial charge in [0.05, 0.1) is 25.4 Å². The first-order valence-electron chi connectivity index (χ1n) is 24.2. The number of aliphatic hydroxyl groups excluding tert-OH is 2. The van der Waals surface area contributed by atoms with Crippen molar-refractivity contribution in [3.05, 3.63) is 36.5 Å². The monoisotopic (exact) mass is 788 g/mol. The van der Waals surface area contributed by atoms with Crippen molar-refractivity contribution in [2.75, 3.05) is 13.2 Å². The molecular weight excluding hydrogens is 695 g/mol. The molecule has 2 atom stereocenters. The summed E-state index contributed by atoms with van der Waals surface area (Å²) < 4.78 is 5.43. The molecule has 2 unspecified atom stereocenters. The average Bonchev–Trinajstić information content (AvgIpc) is 3.20. The van der Waals surface area contributed by atoms with E-state index in [2.05, 4.69) is 55.6 Å². The number of carbonyl (C=O) groups excluding carboxylic acids is 2. The summed E-state index contributed by atoms with van der Waals surface area (Å²) >= 11 is 0. The fourth-order valence-corrected chi connectivity index (χ4v) is 7.13. The third kappa shape index (κ3) is 41.7. The molecule has 0 fully saturated rings. The van der Waals surface area contributed by atoms with Gasteiger partial charge in [-0.25, -0.2) is 0 Å². The van der Waals surface area contributed by atoms with E-state index in [1.165, 1.54) is 122 Å². The lowest BCUT2D eigenvalue weighted by Gasteiger charge is -2.22. The molecule has 0 aromatic rings. The highest BCUT2D eigenvalue weighted by Crippen LogP contribution is 2.15. The lowest BCUT2D eigenvalue weighted by Crippen LogP contribution is -2.45. The van der Waals surface area contributed by atoms with Gasteiger partial charge in [0.1, 0.15) is 0 Å². The van der Waals surface area contributed by atoms with Crippen LogP contribution < -0.4 is 5.32 Å². The molecule has 0 spiro atoms. The Bertz CT molecular complexity index is 915. The van der Waals surface area contributed by atoms with Gasteiger partial charge in [-0.1, -0.05) is 185 Å². The van der Waals surface area contributed by atoms with E-state index in [1.807, 2.05) is 0 Å². The molecule has 0 radical (unpaired) electrons. The van der Waals surface area contributed by atoms with Crippen LogP contribution in [-0.4, -0.2) is 47.4 Å². The largest absolute Gasteiger partial charge is 0.466 e. The number of allylic oxidation sites excluding steroid dienone is 6. The Balaban J connectivity index is 3.51. The second-order valence-electron chi connectivity index (χ2n) is 16.4. The molecule has 0 aliphatic rings. The Morgan fingerprint density at radius 3 is 1.39 bits per heavy atom. The Kier molecular flexibility index (Phi) is 44.2. The van der Waals surface area contributed by atoms with Crippen LogP contribution in [0.25, 0.3) is 0 Å². The van der Waals surface area contributed by atoms with Gasteiger partial charge in [-0.3, -0.25) is 9.59 Å². The zero-order valence-corrected chi connectivity index (χ0v) is 37.1. The number of hydrogen-bond acceptors (Lipinski definition) is 5. The molecule has 0 saturated heterocycles. The lowest BCUT2D eigenvalue weighted by atomic mass is 10.0. The van der Waals surface area contributed by atoms with Crippen LogP contribution in [0.3, 0.4) is 0 Å². The molecule has 3 N–H and O–H groups in total. The molecule has 328 valence electrons. The molecule has 0 bridgehead atoms. The normalized spacial score (nSPS) is 13.0. The second kappa shape index (κ2) is 45.8. The fraction of sp³-hybridized carbons (Fsp3) is 0.840. The number of ether oxygens (including phenoxy) is 1. The van der Waals surface area contributed by atoms with E-state index in [1.54, 1.807) is 0 Å². The van der Waals surface area contributed by atoms with Gasteiger partial charge >= 0.3 is 5.97 Å². The first-order valence-corrected chi connectivity index (χ1v) is 24.2. The summed E-state index contributed by atoms with van der Waals surface area (Å²) in [5.41, 5.74) is 0. The maximum Gasteiger partial charge on any atom is 0.305 e. The number of esters is 1. The number of aliphatic hydroxyl groups is 2. The molecular formula is C50H93NO5. The van der Waals surface area contributed by atoms with Crippen molar-refractivity contribution in [1.29, 1.82) is 0 Å². The van der Waals surface area contributed by atoms with E-state index in [-0.39, 0.29) is 18.5 Å². The van der Waals surface area contributed by atoms with Crippen molar-refractivity contribution in [3.8, 4) is 0 Å². The molecule has 0 rings (SSSR count). The Morgan fingerprint density at radius 2 is 0.893 bits per heavy atom. The average molecular weight is 788 g/mol. The molecule has 0 aliphatic carbocycles. The van der Waals surface area contributed by atoms with Crippen LogP contribution in [0.5, 0.6) is 0 Å². The molecule has 0 aromatic carbocycles. The maximum absolute atomic E-state index is 12.4. The van der Waals surface area contributed by atoms with Crippen molar-refractivity contribution in [3.63, 3.8) is 0 Å². The summed E-state index contributed by atoms with van der Waals surface area (Å²) in [5, 5.41) is 23.0. The summed E-state index contributed by atoms with van der Waals surface area (Å²) in [7, 11) is 0. The summed E-state index contributed by atoms with van der Waals surface area (Å²) in [6, 6.07) is -0.561. The fourth-order valence-electron chi connectivity index (χ4n) is 7.13. The predicted molar refractivity (Wildman–Crippen MR) is 241 cm³/mol. The highest BCUT2D eigenvalue weighted by molar-refractivity contribution is 5.76. The van der Waals surface area contributed by atoms with Crippen LogP contribution in [0.4, 0.5) is 0 Å². The number of hydrogen-bond donors (Lipinski definition) is 3. The van der Waals surface area contributed by atoms with Gasteiger partial charge in [0.15, 0.2) is 0 Å². The minimum absolute atomic E-state index is 0.0396. The van der Waals surface area contributed by atoms with E-state index in [0.717, 1.165) is 89.9 Å². The zero-order chi connectivity index (χ0) is 40.8. The minimum atomic E-state index is -0.681. The van der Waals surface area contributed by atoms with Gasteiger partial charge < -0.3 is 20.3 Å². The van der Waals surface area contributed by atoms with E-state index >= 15 is 0 Å². The van der Waals surface area contributed by atoms with Gasteiger partial charge in [-0.05, 0) is 83.5 Å². The Morgan fingerprint density at radius 1 is 0.500 bits per heavy atom. The van der Waals surface area contributed by atoms with Gasteiger partial charge in [0.25, 0.3) is 0 Å². The first-order chi connectivity index (χ1) is 27.5. The number of unbranched alkanes of at least 4 members (excludes halogenated alkanes) is 27. The van der Waals surface area contributed by atoms with Crippen molar-refractivity contribution in [2.24, 2.45) is 0 Å². The number of amides is 1. The van der Waals surface area contributed by atoms with Gasteiger partial charge in [-0.15, -0.1) is 0 Å². The molecule has 56 heavy (non-hydrogen) atoms. The van der Waals surface area contributed by atoms with Crippen molar-refractivity contribution < 1.29 is 24.5 Å². The van der Waals surface area contributed by atoms with Crippen molar-refractivity contribution in [2.45, 2.75) is 257 Å². The standard InChI is InChI=1S/C50H93NO5/c1-3-5-7-9-11-13-15-16-17-18-19-20-21-24-28-32-36-40-44-50(55)56-45-41-37-33-29-25-22-23-27-31-35-39-43-49(54)51-47(46-52)48(53)42-38-34-30-26-14-12-10-8-6-4-2/h13,15,17-18,25,29,47-48,52-53H,3-12,14,16,19-24,26-28,30-46H2,1-2H3,(H,51,54)/b15-13-,18-17-,29-25-. The number of carbonyl (C=O) groups is 2. The number of nitrogens with one attached hydrogen (secondary N) is 1. The first kappa shape index (κ1) is 54.1. The summed E-state index contributed by atoms with van der Waals surface area (Å²) in [5.74, 6) is -0.107. The predicted octanol–water partition coefficient (Wildman–Crippen LogP) is 14.1. The van der Waals surface area contributed by atoms with E-state index in [4.69, 9.17) is 4.74 Å². The molecule has 0 saturated carbocycles. The van der Waals surface area contributed by atoms with Crippen LogP contribution in [0.15, 0.2) is 36.5 Å². The van der Waals surface area contributed by atoms with Crippen LogP contribution in [-0.2, 0) is 14.3 Å². The van der Waals surface area contributed by atoms with Crippen LogP contribution in [0, 0.1) is 0 Å². The van der Waals surface area contributed by atoms with Gasteiger partial charge in [-0.2, -0.15) is 0 Å². The molecule has 0 aromatic heterocycles. The highest BCUT2D eigenvalue weighted by Gasteiger charge is 2.20. The number of rotatable bonds is 44. The second-order valence-corrected chi connectivity index (χ2v) is 16.4. The Labute approximate surface area is 347 Å². The maximum atomic E-state index is 12.4. The van der Waals surface area contributed by atoms with Crippen LogP contribution >= 0.6 is 0 Å². The van der Waals surface area contributed by atoms with Crippen molar-refractivity contribution >= 4 is 11.9 Å². The minimum Gasteiger partial charge on any atom is -0.466 e. The molecule has 1 amide bonds.